The van der Waals surface area contributed by atoms with Gasteiger partial charge in [0, 0.05) is 12.6 Å². The van der Waals surface area contributed by atoms with Crippen molar-refractivity contribution in [1.82, 2.24) is 5.06 Å². The molecule has 0 saturated heterocycles. The third-order valence-corrected chi connectivity index (χ3v) is 2.92. The molecule has 0 unspecified atom stereocenters. The van der Waals surface area contributed by atoms with Gasteiger partial charge in [-0.15, -0.1) is 0 Å². The summed E-state index contributed by atoms with van der Waals surface area (Å²) in [6.07, 6.45) is 3.92. The first-order valence-corrected chi connectivity index (χ1v) is 6.78. The first-order chi connectivity index (χ1) is 9.58. The molecule has 0 saturated carbocycles. The summed E-state index contributed by atoms with van der Waals surface area (Å²) >= 11 is 0. The molecule has 0 heterocycles. The van der Waals surface area contributed by atoms with Crippen LogP contribution >= 0.6 is 0 Å². The summed E-state index contributed by atoms with van der Waals surface area (Å²) in [5, 5.41) is 1.23. The lowest BCUT2D eigenvalue weighted by Gasteiger charge is -2.15. The minimum Gasteiger partial charge on any atom is -0.497 e. The van der Waals surface area contributed by atoms with Crippen LogP contribution in [-0.4, -0.2) is 32.2 Å². The van der Waals surface area contributed by atoms with Gasteiger partial charge in [0.15, 0.2) is 0 Å². The van der Waals surface area contributed by atoms with E-state index < -0.39 is 0 Å². The van der Waals surface area contributed by atoms with Gasteiger partial charge in [-0.05, 0) is 29.7 Å². The summed E-state index contributed by atoms with van der Waals surface area (Å²) in [7, 11) is 4.71. The maximum Gasteiger partial charge on any atom is 0.277 e. The van der Waals surface area contributed by atoms with E-state index in [2.05, 4.69) is 13.8 Å². The molecule has 0 radical (unpaired) electrons. The quantitative estimate of drug-likeness (QED) is 0.797. The first-order valence-electron chi connectivity index (χ1n) is 6.78. The molecule has 0 bridgehead atoms. The minimum atomic E-state index is -0.128. The Hall–Kier alpha value is -1.81. The highest BCUT2D eigenvalue weighted by Gasteiger charge is 2.23. The second-order valence-electron chi connectivity index (χ2n) is 4.54. The van der Waals surface area contributed by atoms with E-state index in [0.717, 1.165) is 23.3 Å². The maximum atomic E-state index is 12.0. The van der Waals surface area contributed by atoms with E-state index in [-0.39, 0.29) is 5.91 Å². The highest BCUT2D eigenvalue weighted by Crippen LogP contribution is 2.31. The van der Waals surface area contributed by atoms with Crippen molar-refractivity contribution in [3.05, 3.63) is 35.4 Å². The number of carbonyl (C=O) groups is 1. The Labute approximate surface area is 120 Å². The van der Waals surface area contributed by atoms with Crippen molar-refractivity contribution in [2.24, 2.45) is 0 Å². The van der Waals surface area contributed by atoms with E-state index >= 15 is 0 Å². The number of amides is 1. The normalized spacial score (nSPS) is 11.9. The van der Waals surface area contributed by atoms with Crippen molar-refractivity contribution >= 4 is 11.5 Å². The minimum absolute atomic E-state index is 0.128. The van der Waals surface area contributed by atoms with Crippen LogP contribution in [0.5, 0.6) is 5.75 Å². The maximum absolute atomic E-state index is 12.0. The van der Waals surface area contributed by atoms with Gasteiger partial charge in [0.1, 0.15) is 5.75 Å². The number of hydroxylamine groups is 2. The Bertz CT molecular complexity index is 494. The molecule has 4 nitrogen and oxygen atoms in total. The van der Waals surface area contributed by atoms with E-state index in [1.54, 1.807) is 14.2 Å². The summed E-state index contributed by atoms with van der Waals surface area (Å²) in [6.45, 7) is 4.25. The van der Waals surface area contributed by atoms with Crippen LogP contribution in [0.25, 0.3) is 5.57 Å². The Morgan fingerprint density at radius 1 is 1.30 bits per heavy atom. The lowest BCUT2D eigenvalue weighted by molar-refractivity contribution is -0.161. The van der Waals surface area contributed by atoms with Crippen LogP contribution in [0.15, 0.2) is 24.3 Å². The van der Waals surface area contributed by atoms with E-state index in [1.807, 2.05) is 24.3 Å². The molecule has 0 aliphatic heterocycles. The molecule has 2 rings (SSSR count). The van der Waals surface area contributed by atoms with E-state index in [0.29, 0.717) is 5.57 Å². The fraction of sp³-hybridized carbons (Fsp3) is 0.438. The van der Waals surface area contributed by atoms with Gasteiger partial charge in [-0.1, -0.05) is 32.4 Å². The molecule has 1 amide bonds. The Morgan fingerprint density at radius 2 is 1.95 bits per heavy atom. The number of rotatable bonds is 3. The molecule has 0 N–H and O–H groups in total. The fourth-order valence-electron chi connectivity index (χ4n) is 1.91. The van der Waals surface area contributed by atoms with Gasteiger partial charge in [0.05, 0.1) is 14.2 Å². The third kappa shape index (κ3) is 3.61. The molecule has 1 aromatic carbocycles. The molecular formula is C16H23NO3. The van der Waals surface area contributed by atoms with Crippen molar-refractivity contribution in [3.8, 4) is 5.75 Å². The molecular weight excluding hydrogens is 254 g/mol. The topological polar surface area (TPSA) is 38.8 Å². The zero-order valence-electron chi connectivity index (χ0n) is 12.9. The Kier molecular flexibility index (Phi) is 6.25. The van der Waals surface area contributed by atoms with Crippen LogP contribution < -0.4 is 4.74 Å². The van der Waals surface area contributed by atoms with E-state index in [1.165, 1.54) is 18.6 Å². The summed E-state index contributed by atoms with van der Waals surface area (Å²) in [5.41, 5.74) is 2.75. The lowest BCUT2D eigenvalue weighted by Crippen LogP contribution is -2.25. The Balaban J connectivity index is 0.000000612. The average molecular weight is 277 g/mol. The van der Waals surface area contributed by atoms with Crippen LogP contribution in [-0.2, 0) is 16.1 Å². The van der Waals surface area contributed by atoms with Crippen molar-refractivity contribution in [2.75, 3.05) is 21.3 Å². The van der Waals surface area contributed by atoms with E-state index in [4.69, 9.17) is 9.57 Å². The van der Waals surface area contributed by atoms with Gasteiger partial charge >= 0.3 is 0 Å². The van der Waals surface area contributed by atoms with Gasteiger partial charge in [-0.3, -0.25) is 9.63 Å². The zero-order valence-corrected chi connectivity index (χ0v) is 12.9. The monoisotopic (exact) mass is 277 g/mol. The number of ether oxygens (including phenoxy) is 1. The summed E-state index contributed by atoms with van der Waals surface area (Å²) in [6, 6.07) is 5.73. The Morgan fingerprint density at radius 3 is 2.50 bits per heavy atom. The molecule has 0 spiro atoms. The second-order valence-corrected chi connectivity index (χ2v) is 4.54. The van der Waals surface area contributed by atoms with E-state index in [9.17, 15) is 4.79 Å². The number of nitrogens with zero attached hydrogens (tertiary/aromatic N) is 1. The van der Waals surface area contributed by atoms with Gasteiger partial charge < -0.3 is 4.74 Å². The number of benzene rings is 1. The van der Waals surface area contributed by atoms with Crippen LogP contribution in [0.1, 0.15) is 31.4 Å². The van der Waals surface area contributed by atoms with Gasteiger partial charge in [-0.2, -0.15) is 0 Å². The zero-order chi connectivity index (χ0) is 15.1. The third-order valence-electron chi connectivity index (χ3n) is 2.92. The second kappa shape index (κ2) is 7.70. The van der Waals surface area contributed by atoms with Gasteiger partial charge in [0.25, 0.3) is 5.91 Å². The molecule has 0 aromatic heterocycles. The van der Waals surface area contributed by atoms with Crippen LogP contribution in [0, 0.1) is 0 Å². The summed E-state index contributed by atoms with van der Waals surface area (Å²) in [5.74, 6) is 0.683. The molecule has 4 heteroatoms. The molecule has 20 heavy (non-hydrogen) atoms. The van der Waals surface area contributed by atoms with Crippen molar-refractivity contribution in [1.29, 1.82) is 0 Å². The number of hydrogen-bond donors (Lipinski definition) is 0. The fourth-order valence-corrected chi connectivity index (χ4v) is 1.91. The van der Waals surface area contributed by atoms with Crippen LogP contribution in [0.3, 0.4) is 0 Å². The van der Waals surface area contributed by atoms with Crippen LogP contribution in [0.2, 0.25) is 0 Å². The summed E-state index contributed by atoms with van der Waals surface area (Å²) in [4.78, 5) is 16.9. The van der Waals surface area contributed by atoms with Gasteiger partial charge in [0.2, 0.25) is 0 Å². The standard InChI is InChI=1S/C13H15NO3.C3H8/c1-14(17-3)13(15)12-6-4-9-8-10(16-2)5-7-11(9)12;1-3-2/h5-8H,4H2,1-3H3;3H2,1-2H3. The molecule has 1 aromatic rings. The number of fused-ring (bicyclic) bond motifs is 1. The van der Waals surface area contributed by atoms with Gasteiger partial charge in [-0.25, -0.2) is 5.06 Å². The average Bonchev–Trinajstić information content (AvgIpc) is 2.89. The predicted octanol–water partition coefficient (Wildman–Crippen LogP) is 3.07. The number of likely N-dealkylation sites (N-methyl/N-ethyl adjacent to an activating group) is 1. The number of hydrogen-bond acceptors (Lipinski definition) is 3. The molecule has 1 aliphatic rings. The highest BCUT2D eigenvalue weighted by atomic mass is 16.7. The molecule has 0 fully saturated rings. The predicted molar refractivity (Wildman–Crippen MR) is 80.4 cm³/mol. The molecule has 0 atom stereocenters. The first kappa shape index (κ1) is 16.2. The summed E-state index contributed by atoms with van der Waals surface area (Å²) < 4.78 is 5.16. The SMILES string of the molecule is CCC.COc1ccc2c(c1)CC=C2C(=O)N(C)OC. The molecule has 110 valence electrons. The number of allylic oxidation sites excluding steroid dienone is 1. The molecule has 1 aliphatic carbocycles. The van der Waals surface area contributed by atoms with Crippen LogP contribution in [0.4, 0.5) is 0 Å². The van der Waals surface area contributed by atoms with Crippen molar-refractivity contribution < 1.29 is 14.4 Å². The number of carbonyl (C=O) groups excluding carboxylic acids is 1. The lowest BCUT2D eigenvalue weighted by atomic mass is 10.0. The van der Waals surface area contributed by atoms with Crippen molar-refractivity contribution in [2.45, 2.75) is 26.7 Å². The number of methoxy groups -OCH3 is 1. The largest absolute Gasteiger partial charge is 0.497 e. The smallest absolute Gasteiger partial charge is 0.277 e. The van der Waals surface area contributed by atoms with Crippen molar-refractivity contribution in [3.63, 3.8) is 0 Å². The highest BCUT2D eigenvalue weighted by molar-refractivity contribution is 6.20.